The van der Waals surface area contributed by atoms with Crippen molar-refractivity contribution >= 4 is 21.8 Å². The molecular weight excluding hydrogens is 406 g/mol. The molecule has 0 bridgehead atoms. The number of ether oxygens (including phenoxy) is 2. The van der Waals surface area contributed by atoms with Crippen LogP contribution in [0.1, 0.15) is 30.4 Å². The van der Waals surface area contributed by atoms with Crippen LogP contribution in [0.4, 0.5) is 0 Å². The lowest BCUT2D eigenvalue weighted by Gasteiger charge is -2.36. The molecule has 1 heterocycles. The molecule has 0 spiro atoms. The van der Waals surface area contributed by atoms with E-state index in [1.54, 1.807) is 7.11 Å². The molecule has 2 aromatic rings. The number of nitrogens with one attached hydrogen (secondary N) is 1. The smallest absolute Gasteiger partial charge is 0.230 e. The summed E-state index contributed by atoms with van der Waals surface area (Å²) in [5.74, 6) is 0.978. The second-order valence-electron chi connectivity index (χ2n) is 6.91. The van der Waals surface area contributed by atoms with Crippen molar-refractivity contribution in [1.29, 1.82) is 0 Å². The van der Waals surface area contributed by atoms with Crippen LogP contribution < -0.4 is 10.1 Å². The largest absolute Gasteiger partial charge is 0.497 e. The number of hydrogen-bond donors (Lipinski definition) is 1. The SMILES string of the molecule is COc1ccc(CCCNC(=O)C2(c3ccc(Br)cc3)CCOCC2)cc1. The van der Waals surface area contributed by atoms with Gasteiger partial charge >= 0.3 is 0 Å². The third kappa shape index (κ3) is 4.90. The van der Waals surface area contributed by atoms with Gasteiger partial charge in [0.05, 0.1) is 12.5 Å². The Bertz CT molecular complexity index is 737. The fourth-order valence-electron chi connectivity index (χ4n) is 3.59. The summed E-state index contributed by atoms with van der Waals surface area (Å²) < 4.78 is 11.7. The van der Waals surface area contributed by atoms with Gasteiger partial charge in [0.15, 0.2) is 0 Å². The van der Waals surface area contributed by atoms with E-state index in [-0.39, 0.29) is 5.91 Å². The molecule has 0 aliphatic carbocycles. The second kappa shape index (κ2) is 9.38. The Hall–Kier alpha value is -1.85. The van der Waals surface area contributed by atoms with Crippen LogP contribution in [-0.4, -0.2) is 32.8 Å². The van der Waals surface area contributed by atoms with E-state index in [2.05, 4.69) is 33.4 Å². The number of aryl methyl sites for hydroxylation is 1. The molecule has 1 fully saturated rings. The van der Waals surface area contributed by atoms with Crippen molar-refractivity contribution in [1.82, 2.24) is 5.32 Å². The van der Waals surface area contributed by atoms with E-state index in [9.17, 15) is 4.79 Å². The predicted molar refractivity (Wildman–Crippen MR) is 110 cm³/mol. The highest BCUT2D eigenvalue weighted by Gasteiger charge is 2.41. The topological polar surface area (TPSA) is 47.6 Å². The van der Waals surface area contributed by atoms with E-state index in [0.717, 1.165) is 41.5 Å². The minimum Gasteiger partial charge on any atom is -0.497 e. The average molecular weight is 432 g/mol. The van der Waals surface area contributed by atoms with Crippen molar-refractivity contribution in [2.24, 2.45) is 0 Å². The molecule has 1 N–H and O–H groups in total. The average Bonchev–Trinajstić information content (AvgIpc) is 2.72. The van der Waals surface area contributed by atoms with Gasteiger partial charge in [0, 0.05) is 24.2 Å². The van der Waals surface area contributed by atoms with Crippen LogP contribution in [-0.2, 0) is 21.4 Å². The number of methoxy groups -OCH3 is 1. The molecule has 1 saturated heterocycles. The van der Waals surface area contributed by atoms with Crippen LogP contribution in [0, 0.1) is 0 Å². The van der Waals surface area contributed by atoms with Gasteiger partial charge in [0.2, 0.25) is 5.91 Å². The first-order chi connectivity index (χ1) is 13.1. The summed E-state index contributed by atoms with van der Waals surface area (Å²) in [6.07, 6.45) is 3.28. The van der Waals surface area contributed by atoms with Crippen LogP contribution in [0.3, 0.4) is 0 Å². The van der Waals surface area contributed by atoms with Crippen LogP contribution in [0.2, 0.25) is 0 Å². The number of halogens is 1. The van der Waals surface area contributed by atoms with Crippen LogP contribution in [0.25, 0.3) is 0 Å². The molecule has 5 heteroatoms. The summed E-state index contributed by atoms with van der Waals surface area (Å²) in [4.78, 5) is 13.1. The second-order valence-corrected chi connectivity index (χ2v) is 7.82. The highest BCUT2D eigenvalue weighted by molar-refractivity contribution is 9.10. The molecule has 0 saturated carbocycles. The fraction of sp³-hybridized carbons (Fsp3) is 0.409. The Kier molecular flexibility index (Phi) is 6.91. The van der Waals surface area contributed by atoms with Crippen molar-refractivity contribution < 1.29 is 14.3 Å². The maximum absolute atomic E-state index is 13.1. The van der Waals surface area contributed by atoms with E-state index < -0.39 is 5.41 Å². The monoisotopic (exact) mass is 431 g/mol. The third-order valence-corrected chi connectivity index (χ3v) is 5.79. The fourth-order valence-corrected chi connectivity index (χ4v) is 3.86. The van der Waals surface area contributed by atoms with Crippen molar-refractivity contribution in [3.63, 3.8) is 0 Å². The van der Waals surface area contributed by atoms with Gasteiger partial charge in [-0.05, 0) is 61.1 Å². The van der Waals surface area contributed by atoms with Gasteiger partial charge in [-0.25, -0.2) is 0 Å². The lowest BCUT2D eigenvalue weighted by Crippen LogP contribution is -2.48. The van der Waals surface area contributed by atoms with Gasteiger partial charge in [-0.15, -0.1) is 0 Å². The van der Waals surface area contributed by atoms with Gasteiger partial charge in [-0.3, -0.25) is 4.79 Å². The van der Waals surface area contributed by atoms with Crippen molar-refractivity contribution in [3.8, 4) is 5.75 Å². The lowest BCUT2D eigenvalue weighted by molar-refractivity contribution is -0.130. The lowest BCUT2D eigenvalue weighted by atomic mass is 9.73. The summed E-state index contributed by atoms with van der Waals surface area (Å²) in [6, 6.07) is 16.2. The Morgan fingerprint density at radius 2 is 1.78 bits per heavy atom. The zero-order valence-corrected chi connectivity index (χ0v) is 17.3. The van der Waals surface area contributed by atoms with Gasteiger partial charge < -0.3 is 14.8 Å². The Labute approximate surface area is 169 Å². The maximum atomic E-state index is 13.1. The Morgan fingerprint density at radius 3 is 2.41 bits per heavy atom. The van der Waals surface area contributed by atoms with Crippen molar-refractivity contribution in [2.75, 3.05) is 26.9 Å². The summed E-state index contributed by atoms with van der Waals surface area (Å²) >= 11 is 3.47. The molecule has 1 aliphatic rings. The molecule has 3 rings (SSSR count). The van der Waals surface area contributed by atoms with Gasteiger partial charge in [0.1, 0.15) is 5.75 Å². The minimum absolute atomic E-state index is 0.114. The number of carbonyl (C=O) groups excluding carboxylic acids is 1. The van der Waals surface area contributed by atoms with E-state index in [4.69, 9.17) is 9.47 Å². The molecule has 0 atom stereocenters. The molecule has 0 radical (unpaired) electrons. The maximum Gasteiger partial charge on any atom is 0.230 e. The van der Waals surface area contributed by atoms with Crippen molar-refractivity contribution in [3.05, 3.63) is 64.1 Å². The molecular formula is C22H26BrNO3. The summed E-state index contributed by atoms with van der Waals surface area (Å²) in [5.41, 5.74) is 1.83. The predicted octanol–water partition coefficient (Wildman–Crippen LogP) is 4.25. The highest BCUT2D eigenvalue weighted by atomic mass is 79.9. The molecule has 2 aromatic carbocycles. The van der Waals surface area contributed by atoms with Gasteiger partial charge in [0.25, 0.3) is 0 Å². The van der Waals surface area contributed by atoms with Crippen LogP contribution in [0.15, 0.2) is 53.0 Å². The molecule has 0 unspecified atom stereocenters. The standard InChI is InChI=1S/C22H26BrNO3/c1-26-20-10-4-17(5-11-20)3-2-14-24-21(25)22(12-15-27-16-13-22)18-6-8-19(23)9-7-18/h4-11H,2-3,12-16H2,1H3,(H,24,25). The number of amides is 1. The molecule has 1 amide bonds. The third-order valence-electron chi connectivity index (χ3n) is 5.26. The zero-order chi connectivity index (χ0) is 19.1. The zero-order valence-electron chi connectivity index (χ0n) is 15.7. The normalized spacial score (nSPS) is 15.9. The minimum atomic E-state index is -0.487. The van der Waals surface area contributed by atoms with Crippen LogP contribution >= 0.6 is 15.9 Å². The number of rotatable bonds is 7. The van der Waals surface area contributed by atoms with Gasteiger partial charge in [-0.1, -0.05) is 40.2 Å². The molecule has 0 aromatic heterocycles. The summed E-state index contributed by atoms with van der Waals surface area (Å²) in [6.45, 7) is 1.91. The first-order valence-corrected chi connectivity index (χ1v) is 10.2. The molecule has 4 nitrogen and oxygen atoms in total. The summed E-state index contributed by atoms with van der Waals surface area (Å²) in [7, 11) is 1.67. The Balaban J connectivity index is 1.58. The Morgan fingerprint density at radius 1 is 1.11 bits per heavy atom. The first-order valence-electron chi connectivity index (χ1n) is 9.39. The van der Waals surface area contributed by atoms with Gasteiger partial charge in [-0.2, -0.15) is 0 Å². The highest BCUT2D eigenvalue weighted by Crippen LogP contribution is 2.35. The van der Waals surface area contributed by atoms with E-state index in [1.165, 1.54) is 5.56 Å². The molecule has 144 valence electrons. The quantitative estimate of drug-likeness (QED) is 0.666. The van der Waals surface area contributed by atoms with Crippen molar-refractivity contribution in [2.45, 2.75) is 31.1 Å². The van der Waals surface area contributed by atoms with E-state index >= 15 is 0 Å². The number of carbonyl (C=O) groups is 1. The molecule has 27 heavy (non-hydrogen) atoms. The number of hydrogen-bond acceptors (Lipinski definition) is 3. The van der Waals surface area contributed by atoms with E-state index in [0.29, 0.717) is 19.8 Å². The molecule has 1 aliphatic heterocycles. The van der Waals surface area contributed by atoms with Crippen LogP contribution in [0.5, 0.6) is 5.75 Å². The first kappa shape index (κ1) is 19.9. The van der Waals surface area contributed by atoms with E-state index in [1.807, 2.05) is 36.4 Å². The number of benzene rings is 2. The summed E-state index contributed by atoms with van der Waals surface area (Å²) in [5, 5.41) is 3.17.